The second-order valence-electron chi connectivity index (χ2n) is 12.9. The molecule has 0 unspecified atom stereocenters. The second kappa shape index (κ2) is 9.17. The molecule has 0 aromatic rings. The molecular formula is C29H38O11. The maximum absolute atomic E-state index is 13.2. The summed E-state index contributed by atoms with van der Waals surface area (Å²) in [5.41, 5.74) is -6.00. The fourth-order valence-electron chi connectivity index (χ4n) is 8.89. The fraction of sp³-hybridized carbons (Fsp3) is 0.759. The molecule has 0 aromatic heterocycles. The van der Waals surface area contributed by atoms with E-state index >= 15 is 0 Å². The van der Waals surface area contributed by atoms with Crippen LogP contribution in [0.5, 0.6) is 0 Å². The minimum absolute atomic E-state index is 0.0351. The van der Waals surface area contributed by atoms with E-state index in [2.05, 4.69) is 0 Å². The molecule has 3 saturated carbocycles. The van der Waals surface area contributed by atoms with E-state index in [4.69, 9.17) is 18.9 Å². The molecule has 11 nitrogen and oxygen atoms in total. The molecule has 6 fully saturated rings. The molecule has 1 spiro atoms. The van der Waals surface area contributed by atoms with Gasteiger partial charge in [-0.1, -0.05) is 13.0 Å². The standard InChI is InChI=1S/C29H38O11/c1-25(35)8-9-27-15-37-22(33)11-16-6-10-38-28(23(16)34,18(31)14-30)7-4-3-5-21(32)39-19-12-20-29(36,26(19,27)2)13-17(25)24(27)40-20/h3,5,11,17,19-20,23-24,30,34-36H,4,6-10,12-15H2,1-2H3/b5-3-,16-11-/t17-,19+,20+,23+,24+,25-,26+,27+,28+,29-/m0/s1. The second-order valence-corrected chi connectivity index (χ2v) is 12.9. The molecule has 3 saturated heterocycles. The van der Waals surface area contributed by atoms with Crippen molar-refractivity contribution in [3.63, 3.8) is 0 Å². The van der Waals surface area contributed by atoms with Gasteiger partial charge in [0.2, 0.25) is 0 Å². The number of esters is 2. The summed E-state index contributed by atoms with van der Waals surface area (Å²) in [6, 6.07) is 0. The number of aliphatic hydroxyl groups is 4. The molecule has 10 atom stereocenters. The van der Waals surface area contributed by atoms with E-state index in [1.165, 1.54) is 18.2 Å². The third kappa shape index (κ3) is 3.54. The summed E-state index contributed by atoms with van der Waals surface area (Å²) in [7, 11) is 0. The summed E-state index contributed by atoms with van der Waals surface area (Å²) in [5, 5.41) is 44.3. The Labute approximate surface area is 232 Å². The van der Waals surface area contributed by atoms with Gasteiger partial charge in [0, 0.05) is 35.3 Å². The normalized spacial score (nSPS) is 52.2. The van der Waals surface area contributed by atoms with Gasteiger partial charge in [-0.3, -0.25) is 4.79 Å². The van der Waals surface area contributed by atoms with Gasteiger partial charge in [-0.25, -0.2) is 9.59 Å². The van der Waals surface area contributed by atoms with Crippen LogP contribution in [0.1, 0.15) is 58.8 Å². The summed E-state index contributed by atoms with van der Waals surface area (Å²) < 4.78 is 24.0. The van der Waals surface area contributed by atoms with Gasteiger partial charge in [0.05, 0.1) is 24.4 Å². The fourth-order valence-corrected chi connectivity index (χ4v) is 8.89. The number of Topliss-reactive ketones (excluding diaryl/α,β-unsaturated/α-hetero) is 1. The summed E-state index contributed by atoms with van der Waals surface area (Å²) in [6.07, 6.45) is 2.18. The van der Waals surface area contributed by atoms with Crippen molar-refractivity contribution in [1.29, 1.82) is 0 Å². The van der Waals surface area contributed by atoms with Crippen molar-refractivity contribution in [3.05, 3.63) is 23.8 Å². The van der Waals surface area contributed by atoms with Crippen LogP contribution in [0.15, 0.2) is 23.8 Å². The number of hydrogen-bond acceptors (Lipinski definition) is 11. The lowest BCUT2D eigenvalue weighted by molar-refractivity contribution is -0.377. The Morgan fingerprint density at radius 1 is 1.10 bits per heavy atom. The predicted octanol–water partition coefficient (Wildman–Crippen LogP) is 0.259. The van der Waals surface area contributed by atoms with Gasteiger partial charge < -0.3 is 39.4 Å². The van der Waals surface area contributed by atoms with E-state index in [0.29, 0.717) is 12.8 Å². The molecule has 4 aliphatic heterocycles. The van der Waals surface area contributed by atoms with E-state index in [1.54, 1.807) is 6.92 Å². The lowest BCUT2D eigenvalue weighted by Gasteiger charge is -2.71. The van der Waals surface area contributed by atoms with Crippen molar-refractivity contribution in [3.8, 4) is 0 Å². The Balaban J connectivity index is 1.42. The molecule has 11 heteroatoms. The molecule has 0 amide bonds. The number of ketones is 1. The van der Waals surface area contributed by atoms with Crippen LogP contribution in [0.4, 0.5) is 0 Å². The highest BCUT2D eigenvalue weighted by Crippen LogP contribution is 2.74. The molecule has 0 aromatic carbocycles. The van der Waals surface area contributed by atoms with Gasteiger partial charge in [0.15, 0.2) is 11.4 Å². The number of cyclic esters (lactones) is 1. The average Bonchev–Trinajstić information content (AvgIpc) is 3.06. The zero-order chi connectivity index (χ0) is 28.7. The molecule has 40 heavy (non-hydrogen) atoms. The van der Waals surface area contributed by atoms with Crippen LogP contribution in [-0.4, -0.2) is 99.2 Å². The van der Waals surface area contributed by atoms with Crippen LogP contribution in [0.2, 0.25) is 0 Å². The van der Waals surface area contributed by atoms with Crippen LogP contribution in [0, 0.1) is 16.7 Å². The first kappa shape index (κ1) is 28.0. The van der Waals surface area contributed by atoms with Crippen molar-refractivity contribution < 1.29 is 53.8 Å². The average molecular weight is 563 g/mol. The molecular weight excluding hydrogens is 524 g/mol. The highest BCUT2D eigenvalue weighted by molar-refractivity contribution is 5.90. The van der Waals surface area contributed by atoms with Gasteiger partial charge in [-0.05, 0) is 51.0 Å². The highest BCUT2D eigenvalue weighted by Gasteiger charge is 2.83. The van der Waals surface area contributed by atoms with Gasteiger partial charge in [0.1, 0.15) is 31.0 Å². The van der Waals surface area contributed by atoms with E-state index in [9.17, 15) is 34.8 Å². The van der Waals surface area contributed by atoms with Crippen molar-refractivity contribution in [2.75, 3.05) is 19.8 Å². The summed E-state index contributed by atoms with van der Waals surface area (Å²) >= 11 is 0. The largest absolute Gasteiger partial charge is 0.462 e. The molecule has 220 valence electrons. The molecule has 8 bridgehead atoms. The first-order valence-electron chi connectivity index (χ1n) is 14.2. The number of ether oxygens (including phenoxy) is 4. The smallest absolute Gasteiger partial charge is 0.330 e. The van der Waals surface area contributed by atoms with E-state index in [-0.39, 0.29) is 50.9 Å². The Hall–Kier alpha value is -2.15. The van der Waals surface area contributed by atoms with Gasteiger partial charge in [-0.15, -0.1) is 0 Å². The minimum Gasteiger partial charge on any atom is -0.462 e. The summed E-state index contributed by atoms with van der Waals surface area (Å²) in [6.45, 7) is 2.64. The SMILES string of the molecule is C[C@]12[C@H]3C[C@H]4O[C@@H]5[C@H](C[C@]41O)[C@@](C)(O)CC[C@@]52COC(=O)/C=C1/CCO[C@@](C(=O)CO)(CC/C=C\C(=O)O3)[C@@H]1O. The predicted molar refractivity (Wildman–Crippen MR) is 135 cm³/mol. The molecule has 4 N–H and O–H groups in total. The molecule has 7 aliphatic rings. The third-order valence-electron chi connectivity index (χ3n) is 11.3. The van der Waals surface area contributed by atoms with E-state index < -0.39 is 82.3 Å². The number of hydrogen-bond donors (Lipinski definition) is 4. The van der Waals surface area contributed by atoms with Crippen LogP contribution < -0.4 is 0 Å². The molecule has 4 heterocycles. The first-order valence-corrected chi connectivity index (χ1v) is 14.2. The lowest BCUT2D eigenvalue weighted by atomic mass is 9.40. The van der Waals surface area contributed by atoms with Crippen LogP contribution in [0.25, 0.3) is 0 Å². The summed E-state index contributed by atoms with van der Waals surface area (Å²) in [4.78, 5) is 39.0. The Kier molecular flexibility index (Phi) is 6.42. The number of carbonyl (C=O) groups excluding carboxylic acids is 3. The minimum atomic E-state index is -1.77. The Morgan fingerprint density at radius 3 is 2.62 bits per heavy atom. The molecule has 7 rings (SSSR count). The number of aliphatic hydroxyl groups excluding tert-OH is 2. The quantitative estimate of drug-likeness (QED) is 0.341. The number of rotatable bonds is 2. The van der Waals surface area contributed by atoms with Gasteiger partial charge >= 0.3 is 11.9 Å². The van der Waals surface area contributed by atoms with Crippen molar-refractivity contribution in [2.45, 2.75) is 100 Å². The molecule has 3 aliphatic carbocycles. The number of fused-ring (bicyclic) bond motifs is 2. The maximum atomic E-state index is 13.2. The van der Waals surface area contributed by atoms with Crippen LogP contribution >= 0.6 is 0 Å². The zero-order valence-electron chi connectivity index (χ0n) is 22.8. The third-order valence-corrected chi connectivity index (χ3v) is 11.3. The molecule has 0 radical (unpaired) electrons. The van der Waals surface area contributed by atoms with Crippen molar-refractivity contribution >= 4 is 17.7 Å². The van der Waals surface area contributed by atoms with Crippen LogP contribution in [0.3, 0.4) is 0 Å². The van der Waals surface area contributed by atoms with E-state index in [0.717, 1.165) is 0 Å². The number of allylic oxidation sites excluding steroid dienone is 1. The van der Waals surface area contributed by atoms with E-state index in [1.807, 2.05) is 6.92 Å². The Bertz CT molecular complexity index is 1180. The van der Waals surface area contributed by atoms with Crippen LogP contribution in [-0.2, 0) is 33.3 Å². The first-order chi connectivity index (χ1) is 18.8. The topological polar surface area (TPSA) is 169 Å². The summed E-state index contributed by atoms with van der Waals surface area (Å²) in [5.74, 6) is -2.51. The van der Waals surface area contributed by atoms with Gasteiger partial charge in [-0.2, -0.15) is 0 Å². The highest BCUT2D eigenvalue weighted by atomic mass is 16.6. The Morgan fingerprint density at radius 2 is 1.88 bits per heavy atom. The monoisotopic (exact) mass is 562 g/mol. The number of carbonyl (C=O) groups is 3. The zero-order valence-corrected chi connectivity index (χ0v) is 22.8. The van der Waals surface area contributed by atoms with Crippen molar-refractivity contribution in [2.24, 2.45) is 16.7 Å². The van der Waals surface area contributed by atoms with Gasteiger partial charge in [0.25, 0.3) is 0 Å². The maximum Gasteiger partial charge on any atom is 0.330 e. The van der Waals surface area contributed by atoms with Crippen molar-refractivity contribution in [1.82, 2.24) is 0 Å². The lowest BCUT2D eigenvalue weighted by Crippen LogP contribution is -2.80.